The summed E-state index contributed by atoms with van der Waals surface area (Å²) in [5, 5.41) is 0.895. The molecule has 1 aromatic carbocycles. The van der Waals surface area contributed by atoms with Crippen molar-refractivity contribution in [3.8, 4) is 0 Å². The van der Waals surface area contributed by atoms with E-state index in [0.29, 0.717) is 10.4 Å². The lowest BCUT2D eigenvalue weighted by Crippen LogP contribution is -2.22. The molecule has 0 atom stereocenters. The number of hydrogen-bond acceptors (Lipinski definition) is 5. The summed E-state index contributed by atoms with van der Waals surface area (Å²) in [4.78, 5) is 33.8. The third-order valence-corrected chi connectivity index (χ3v) is 4.41. The molecule has 5 heteroatoms. The minimum Gasteiger partial charge on any atom is -0.287 e. The summed E-state index contributed by atoms with van der Waals surface area (Å²) in [5.74, 6) is -0.405. The minimum atomic E-state index is -0.203. The molecule has 0 amide bonds. The number of benzene rings is 1. The zero-order valence-corrected chi connectivity index (χ0v) is 11.3. The molecule has 0 fully saturated rings. The van der Waals surface area contributed by atoms with Gasteiger partial charge in [-0.15, -0.1) is 11.3 Å². The molecule has 96 valence electrons. The molecule has 0 spiro atoms. The molecule has 1 aliphatic carbocycles. The maximum Gasteiger partial charge on any atom is 0.224 e. The van der Waals surface area contributed by atoms with E-state index in [1.54, 1.807) is 0 Å². The summed E-state index contributed by atoms with van der Waals surface area (Å²) in [6, 6.07) is 7.52. The van der Waals surface area contributed by atoms with Crippen molar-refractivity contribution in [2.75, 3.05) is 0 Å². The Morgan fingerprint density at radius 1 is 1.05 bits per heavy atom. The minimum absolute atomic E-state index is 0.202. The summed E-state index contributed by atoms with van der Waals surface area (Å²) in [6.45, 7) is 1.85. The molecule has 20 heavy (non-hydrogen) atoms. The summed E-state index contributed by atoms with van der Waals surface area (Å²) >= 11 is 1.19. The zero-order valence-electron chi connectivity index (χ0n) is 10.5. The molecule has 0 unspecified atom stereocenters. The van der Waals surface area contributed by atoms with Gasteiger partial charge in [-0.2, -0.15) is 0 Å². The molecule has 3 aromatic rings. The van der Waals surface area contributed by atoms with Gasteiger partial charge in [0.1, 0.15) is 16.3 Å². The van der Waals surface area contributed by atoms with E-state index in [1.807, 2.05) is 31.2 Å². The van der Waals surface area contributed by atoms with Crippen molar-refractivity contribution in [1.29, 1.82) is 0 Å². The number of pyridine rings is 1. The molecule has 0 radical (unpaired) electrons. The van der Waals surface area contributed by atoms with Crippen molar-refractivity contribution < 1.29 is 9.59 Å². The number of fused-ring (bicyclic) bond motifs is 3. The van der Waals surface area contributed by atoms with Gasteiger partial charge < -0.3 is 0 Å². The Morgan fingerprint density at radius 3 is 2.70 bits per heavy atom. The van der Waals surface area contributed by atoms with Crippen LogP contribution in [0.4, 0.5) is 0 Å². The van der Waals surface area contributed by atoms with Crippen LogP contribution in [-0.4, -0.2) is 21.5 Å². The molecule has 0 bridgehead atoms. The van der Waals surface area contributed by atoms with Gasteiger partial charge in [-0.3, -0.25) is 9.59 Å². The van der Waals surface area contributed by atoms with Crippen molar-refractivity contribution in [2.24, 2.45) is 0 Å². The van der Waals surface area contributed by atoms with Gasteiger partial charge in [-0.05, 0) is 18.6 Å². The molecule has 1 aliphatic rings. The van der Waals surface area contributed by atoms with Crippen LogP contribution < -0.4 is 0 Å². The Hall–Kier alpha value is -2.40. The van der Waals surface area contributed by atoms with Gasteiger partial charge in [0.05, 0.1) is 16.6 Å². The lowest BCUT2D eigenvalue weighted by atomic mass is 9.90. The van der Waals surface area contributed by atoms with E-state index in [0.717, 1.165) is 16.5 Å². The van der Waals surface area contributed by atoms with Gasteiger partial charge in [-0.1, -0.05) is 18.2 Å². The predicted octanol–water partition coefficient (Wildman–Crippen LogP) is 2.78. The summed E-state index contributed by atoms with van der Waals surface area (Å²) in [6.07, 6.45) is 0. The van der Waals surface area contributed by atoms with Crippen molar-refractivity contribution in [1.82, 2.24) is 9.97 Å². The highest BCUT2D eigenvalue weighted by Gasteiger charge is 2.35. The third kappa shape index (κ3) is 1.30. The fourth-order valence-electron chi connectivity index (χ4n) is 2.61. The molecule has 2 heterocycles. The highest BCUT2D eigenvalue weighted by molar-refractivity contribution is 7.12. The number of carbonyl (C=O) groups is 2. The maximum atomic E-state index is 12.5. The van der Waals surface area contributed by atoms with Crippen LogP contribution in [0, 0.1) is 6.92 Å². The maximum absolute atomic E-state index is 12.5. The van der Waals surface area contributed by atoms with Crippen LogP contribution in [0.15, 0.2) is 29.8 Å². The van der Waals surface area contributed by atoms with E-state index >= 15 is 0 Å². The number of thiazole rings is 1. The van der Waals surface area contributed by atoms with E-state index in [9.17, 15) is 9.59 Å². The standard InChI is InChI=1S/C15H8N2O2S/c1-7-8-4-2-3-5-9(8)17-11-10(7)13(18)12-15(14(11)19)20-6-16-12/h2-6H,1H3. The van der Waals surface area contributed by atoms with Gasteiger partial charge in [-0.25, -0.2) is 9.97 Å². The van der Waals surface area contributed by atoms with Gasteiger partial charge in [0, 0.05) is 5.39 Å². The topological polar surface area (TPSA) is 59.9 Å². The second-order valence-electron chi connectivity index (χ2n) is 4.67. The Morgan fingerprint density at radius 2 is 1.85 bits per heavy atom. The second kappa shape index (κ2) is 3.80. The average Bonchev–Trinajstić information content (AvgIpc) is 2.95. The number of aryl methyl sites for hydroxylation is 1. The molecule has 2 aromatic heterocycles. The van der Waals surface area contributed by atoms with Gasteiger partial charge in [0.15, 0.2) is 0 Å². The molecule has 4 nitrogen and oxygen atoms in total. The van der Waals surface area contributed by atoms with Crippen molar-refractivity contribution >= 4 is 33.8 Å². The predicted molar refractivity (Wildman–Crippen MR) is 75.5 cm³/mol. The fraction of sp³-hybridized carbons (Fsp3) is 0.0667. The monoisotopic (exact) mass is 280 g/mol. The molecule has 0 saturated carbocycles. The first-order chi connectivity index (χ1) is 9.68. The molecule has 4 rings (SSSR count). The third-order valence-electron chi connectivity index (χ3n) is 3.58. The molecular weight excluding hydrogens is 272 g/mol. The lowest BCUT2D eigenvalue weighted by Gasteiger charge is -2.16. The summed E-state index contributed by atoms with van der Waals surface area (Å²) in [5.41, 5.74) is 3.96. The Balaban J connectivity index is 2.16. The second-order valence-corrected chi connectivity index (χ2v) is 5.52. The highest BCUT2D eigenvalue weighted by Crippen LogP contribution is 2.32. The van der Waals surface area contributed by atoms with Gasteiger partial charge in [0.25, 0.3) is 0 Å². The number of rotatable bonds is 0. The van der Waals surface area contributed by atoms with Gasteiger partial charge >= 0.3 is 0 Å². The van der Waals surface area contributed by atoms with E-state index in [4.69, 9.17) is 0 Å². The van der Waals surface area contributed by atoms with Crippen molar-refractivity contribution in [2.45, 2.75) is 6.92 Å². The quantitative estimate of drug-likeness (QED) is 0.497. The molecular formula is C15H8N2O2S. The summed E-state index contributed by atoms with van der Waals surface area (Å²) in [7, 11) is 0. The fourth-order valence-corrected chi connectivity index (χ4v) is 3.34. The first-order valence-electron chi connectivity index (χ1n) is 6.10. The number of ketones is 2. The van der Waals surface area contributed by atoms with Crippen LogP contribution in [0.1, 0.15) is 37.0 Å². The van der Waals surface area contributed by atoms with Crippen LogP contribution in [0.25, 0.3) is 10.9 Å². The SMILES string of the molecule is Cc1c2c(nc3ccccc13)C(=O)c1scnc1C2=O. The molecule has 0 aliphatic heterocycles. The number of carbonyl (C=O) groups excluding carboxylic acids is 2. The van der Waals surface area contributed by atoms with Gasteiger partial charge in [0.2, 0.25) is 11.6 Å². The van der Waals surface area contributed by atoms with E-state index in [-0.39, 0.29) is 23.0 Å². The van der Waals surface area contributed by atoms with E-state index < -0.39 is 0 Å². The molecule has 0 saturated heterocycles. The first-order valence-corrected chi connectivity index (χ1v) is 6.98. The van der Waals surface area contributed by atoms with Crippen molar-refractivity contribution in [3.05, 3.63) is 57.2 Å². The first kappa shape index (κ1) is 11.4. The number of hydrogen-bond donors (Lipinski definition) is 0. The number of aromatic nitrogens is 2. The normalized spacial score (nSPS) is 13.4. The van der Waals surface area contributed by atoms with E-state index in [2.05, 4.69) is 9.97 Å². The van der Waals surface area contributed by atoms with E-state index in [1.165, 1.54) is 16.8 Å². The largest absolute Gasteiger partial charge is 0.287 e. The zero-order chi connectivity index (χ0) is 13.9. The van der Waals surface area contributed by atoms with Crippen LogP contribution >= 0.6 is 11.3 Å². The lowest BCUT2D eigenvalue weighted by molar-refractivity contribution is 0.0975. The Kier molecular flexibility index (Phi) is 2.17. The van der Waals surface area contributed by atoms with Crippen LogP contribution in [0.5, 0.6) is 0 Å². The smallest absolute Gasteiger partial charge is 0.224 e. The Labute approximate surface area is 118 Å². The highest BCUT2D eigenvalue weighted by atomic mass is 32.1. The summed E-state index contributed by atoms with van der Waals surface area (Å²) < 4.78 is 0. The van der Waals surface area contributed by atoms with Crippen LogP contribution in [0.2, 0.25) is 0 Å². The van der Waals surface area contributed by atoms with Crippen LogP contribution in [0.3, 0.4) is 0 Å². The Bertz CT molecular complexity index is 911. The average molecular weight is 280 g/mol. The van der Waals surface area contributed by atoms with Crippen molar-refractivity contribution in [3.63, 3.8) is 0 Å². The number of para-hydroxylation sites is 1. The van der Waals surface area contributed by atoms with Crippen LogP contribution in [-0.2, 0) is 0 Å². The number of nitrogens with zero attached hydrogens (tertiary/aromatic N) is 2. The molecule has 0 N–H and O–H groups in total.